The summed E-state index contributed by atoms with van der Waals surface area (Å²) in [7, 11) is 0. The Kier molecular flexibility index (Phi) is 3.06. The van der Waals surface area contributed by atoms with Crippen LogP contribution < -0.4 is 4.90 Å². The molecule has 7 nitrogen and oxygen atoms in total. The molecule has 1 aliphatic heterocycles. The first-order valence-corrected chi connectivity index (χ1v) is 7.59. The van der Waals surface area contributed by atoms with E-state index >= 15 is 0 Å². The van der Waals surface area contributed by atoms with Gasteiger partial charge in [-0.05, 0) is 60.4 Å². The van der Waals surface area contributed by atoms with Crippen molar-refractivity contribution in [2.75, 3.05) is 11.4 Å². The molecule has 0 N–H and O–H groups in total. The van der Waals surface area contributed by atoms with E-state index in [0.717, 1.165) is 36.7 Å². The van der Waals surface area contributed by atoms with Crippen molar-refractivity contribution in [2.45, 2.75) is 32.7 Å². The van der Waals surface area contributed by atoms with Crippen molar-refractivity contribution in [2.24, 2.45) is 5.92 Å². The Bertz CT molecular complexity index is 794. The van der Waals surface area contributed by atoms with Crippen LogP contribution in [0, 0.1) is 12.8 Å². The molecule has 0 bridgehead atoms. The standard InChI is InChI=1S/C15H18N6O/c1-10-7-8-20(12(9-10)13-4-3-11(2)22-13)15-6-5-14-16-18-19-21(14)17-15/h3-6,10,12H,7-9H2,1-2H3/t10-,12-/m0/s1. The van der Waals surface area contributed by atoms with Crippen molar-refractivity contribution >= 4 is 11.5 Å². The maximum absolute atomic E-state index is 5.88. The molecule has 3 aromatic heterocycles. The van der Waals surface area contributed by atoms with Gasteiger partial charge in [-0.15, -0.1) is 14.8 Å². The number of hydrogen-bond donors (Lipinski definition) is 0. The van der Waals surface area contributed by atoms with E-state index in [-0.39, 0.29) is 6.04 Å². The Labute approximate surface area is 127 Å². The molecular formula is C15H18N6O. The monoisotopic (exact) mass is 298 g/mol. The van der Waals surface area contributed by atoms with E-state index in [2.05, 4.69) is 38.5 Å². The molecule has 7 heteroatoms. The van der Waals surface area contributed by atoms with E-state index in [4.69, 9.17) is 4.42 Å². The van der Waals surface area contributed by atoms with E-state index in [9.17, 15) is 0 Å². The number of tetrazole rings is 1. The number of aryl methyl sites for hydroxylation is 1. The van der Waals surface area contributed by atoms with Crippen molar-refractivity contribution in [3.63, 3.8) is 0 Å². The summed E-state index contributed by atoms with van der Waals surface area (Å²) in [6.45, 7) is 5.22. The highest BCUT2D eigenvalue weighted by molar-refractivity contribution is 5.46. The van der Waals surface area contributed by atoms with Gasteiger partial charge in [-0.1, -0.05) is 6.92 Å². The second kappa shape index (κ2) is 5.08. The van der Waals surface area contributed by atoms with E-state index in [1.807, 2.05) is 25.1 Å². The zero-order valence-electron chi connectivity index (χ0n) is 12.7. The molecule has 0 radical (unpaired) electrons. The van der Waals surface area contributed by atoms with Gasteiger partial charge >= 0.3 is 0 Å². The number of aromatic nitrogens is 5. The molecule has 4 rings (SSSR count). The number of furan rings is 1. The summed E-state index contributed by atoms with van der Waals surface area (Å²) in [5.41, 5.74) is 0.652. The molecule has 1 aliphatic rings. The van der Waals surface area contributed by atoms with Crippen molar-refractivity contribution < 1.29 is 4.42 Å². The molecule has 22 heavy (non-hydrogen) atoms. The van der Waals surface area contributed by atoms with Gasteiger partial charge in [0, 0.05) is 6.54 Å². The van der Waals surface area contributed by atoms with Crippen LogP contribution in [0.3, 0.4) is 0 Å². The normalized spacial score (nSPS) is 22.4. The topological polar surface area (TPSA) is 72.4 Å². The zero-order valence-corrected chi connectivity index (χ0v) is 12.7. The number of rotatable bonds is 2. The van der Waals surface area contributed by atoms with Crippen LogP contribution in [0.1, 0.15) is 37.3 Å². The lowest BCUT2D eigenvalue weighted by molar-refractivity contribution is 0.322. The van der Waals surface area contributed by atoms with Crippen LogP contribution in [0.4, 0.5) is 5.82 Å². The number of fused-ring (bicyclic) bond motifs is 1. The van der Waals surface area contributed by atoms with E-state index in [0.29, 0.717) is 11.6 Å². The molecule has 1 fully saturated rings. The SMILES string of the molecule is Cc1ccc([C@@H]2C[C@@H](C)CCN2c2ccc3nnnn3n2)o1. The molecule has 0 saturated carbocycles. The van der Waals surface area contributed by atoms with Gasteiger partial charge in [-0.25, -0.2) is 0 Å². The van der Waals surface area contributed by atoms with Crippen LogP contribution in [0.2, 0.25) is 0 Å². The van der Waals surface area contributed by atoms with Crippen LogP contribution in [-0.2, 0) is 0 Å². The fourth-order valence-electron chi connectivity index (χ4n) is 3.11. The average molecular weight is 298 g/mol. The molecule has 0 amide bonds. The number of anilines is 1. The number of piperidine rings is 1. The molecule has 0 unspecified atom stereocenters. The highest BCUT2D eigenvalue weighted by atomic mass is 16.3. The van der Waals surface area contributed by atoms with Crippen molar-refractivity contribution in [1.82, 2.24) is 25.3 Å². The van der Waals surface area contributed by atoms with Crippen molar-refractivity contribution in [3.05, 3.63) is 35.8 Å². The first-order valence-electron chi connectivity index (χ1n) is 7.59. The second-order valence-corrected chi connectivity index (χ2v) is 6.01. The fraction of sp³-hybridized carbons (Fsp3) is 0.467. The predicted molar refractivity (Wildman–Crippen MR) is 80.5 cm³/mol. The van der Waals surface area contributed by atoms with Crippen LogP contribution >= 0.6 is 0 Å². The fourth-order valence-corrected chi connectivity index (χ4v) is 3.11. The van der Waals surface area contributed by atoms with Gasteiger partial charge < -0.3 is 9.32 Å². The summed E-state index contributed by atoms with van der Waals surface area (Å²) in [5, 5.41) is 16.0. The van der Waals surface area contributed by atoms with Gasteiger partial charge in [0.05, 0.1) is 6.04 Å². The third kappa shape index (κ3) is 2.22. The van der Waals surface area contributed by atoms with Crippen LogP contribution in [-0.4, -0.2) is 31.8 Å². The minimum atomic E-state index is 0.207. The largest absolute Gasteiger partial charge is 0.464 e. The molecule has 3 aromatic rings. The highest BCUT2D eigenvalue weighted by Gasteiger charge is 2.31. The summed E-state index contributed by atoms with van der Waals surface area (Å²) in [4.78, 5) is 2.29. The summed E-state index contributed by atoms with van der Waals surface area (Å²) in [5.74, 6) is 3.49. The summed E-state index contributed by atoms with van der Waals surface area (Å²) in [6, 6.07) is 8.17. The lowest BCUT2D eigenvalue weighted by Crippen LogP contribution is -2.37. The Morgan fingerprint density at radius 3 is 2.95 bits per heavy atom. The van der Waals surface area contributed by atoms with E-state index < -0.39 is 0 Å². The molecular weight excluding hydrogens is 280 g/mol. The number of hydrogen-bond acceptors (Lipinski definition) is 6. The maximum atomic E-state index is 5.88. The third-order valence-electron chi connectivity index (χ3n) is 4.30. The first kappa shape index (κ1) is 13.2. The first-order chi connectivity index (χ1) is 10.7. The minimum absolute atomic E-state index is 0.207. The molecule has 4 heterocycles. The van der Waals surface area contributed by atoms with Crippen LogP contribution in [0.25, 0.3) is 5.65 Å². The zero-order chi connectivity index (χ0) is 15.1. The molecule has 1 saturated heterocycles. The van der Waals surface area contributed by atoms with Gasteiger partial charge in [-0.3, -0.25) is 0 Å². The molecule has 0 aliphatic carbocycles. The molecule has 0 aromatic carbocycles. The Morgan fingerprint density at radius 2 is 2.14 bits per heavy atom. The van der Waals surface area contributed by atoms with E-state index in [1.165, 1.54) is 4.63 Å². The lowest BCUT2D eigenvalue weighted by Gasteiger charge is -2.38. The summed E-state index contributed by atoms with van der Waals surface area (Å²) >= 11 is 0. The minimum Gasteiger partial charge on any atom is -0.464 e. The quantitative estimate of drug-likeness (QED) is 0.723. The van der Waals surface area contributed by atoms with Crippen molar-refractivity contribution in [1.29, 1.82) is 0 Å². The highest BCUT2D eigenvalue weighted by Crippen LogP contribution is 2.37. The van der Waals surface area contributed by atoms with Gasteiger partial charge in [0.1, 0.15) is 11.5 Å². The number of nitrogens with zero attached hydrogens (tertiary/aromatic N) is 6. The average Bonchev–Trinajstić information content (AvgIpc) is 3.15. The maximum Gasteiger partial charge on any atom is 0.200 e. The van der Waals surface area contributed by atoms with Crippen molar-refractivity contribution in [3.8, 4) is 0 Å². The third-order valence-corrected chi connectivity index (χ3v) is 4.30. The Balaban J connectivity index is 1.73. The summed E-state index contributed by atoms with van der Waals surface area (Å²) < 4.78 is 7.35. The Hall–Kier alpha value is -2.44. The smallest absolute Gasteiger partial charge is 0.200 e. The lowest BCUT2D eigenvalue weighted by atomic mass is 9.91. The molecule has 114 valence electrons. The second-order valence-electron chi connectivity index (χ2n) is 6.01. The summed E-state index contributed by atoms with van der Waals surface area (Å²) in [6.07, 6.45) is 2.20. The van der Waals surface area contributed by atoms with Gasteiger partial charge in [0.2, 0.25) is 0 Å². The predicted octanol–water partition coefficient (Wildman–Crippen LogP) is 2.40. The van der Waals surface area contributed by atoms with Crippen LogP contribution in [0.15, 0.2) is 28.7 Å². The molecule has 0 spiro atoms. The van der Waals surface area contributed by atoms with Gasteiger partial charge in [0.25, 0.3) is 0 Å². The van der Waals surface area contributed by atoms with Gasteiger partial charge in [0.15, 0.2) is 11.5 Å². The van der Waals surface area contributed by atoms with Gasteiger partial charge in [-0.2, -0.15) is 0 Å². The van der Waals surface area contributed by atoms with Crippen LogP contribution in [0.5, 0.6) is 0 Å². The van der Waals surface area contributed by atoms with E-state index in [1.54, 1.807) is 0 Å². The Morgan fingerprint density at radius 1 is 1.23 bits per heavy atom. The molecule has 2 atom stereocenters.